The smallest absolute Gasteiger partial charge is 0.226 e. The van der Waals surface area contributed by atoms with Gasteiger partial charge in [0.05, 0.1) is 23.7 Å². The molecule has 7 nitrogen and oxygen atoms in total. The Bertz CT molecular complexity index is 1750. The molecule has 3 heterocycles. The molecule has 1 atom stereocenters. The number of nitrogens with two attached hydrogens (primary N) is 2. The van der Waals surface area contributed by atoms with Crippen molar-refractivity contribution < 1.29 is 0 Å². The third-order valence-corrected chi connectivity index (χ3v) is 7.07. The van der Waals surface area contributed by atoms with E-state index >= 15 is 0 Å². The zero-order chi connectivity index (χ0) is 25.0. The van der Waals surface area contributed by atoms with Crippen molar-refractivity contribution >= 4 is 34.1 Å². The molecular weight excluding hydrogens is 470 g/mol. The summed E-state index contributed by atoms with van der Waals surface area (Å²) in [6.07, 6.45) is 3.59. The summed E-state index contributed by atoms with van der Waals surface area (Å²) >= 11 is 6.37. The van der Waals surface area contributed by atoms with Gasteiger partial charge < -0.3 is 16.0 Å². The van der Waals surface area contributed by atoms with Crippen LogP contribution in [-0.2, 0) is 12.6 Å². The Labute approximate surface area is 213 Å². The highest BCUT2D eigenvalue weighted by molar-refractivity contribution is 6.30. The fourth-order valence-corrected chi connectivity index (χ4v) is 5.15. The molecule has 178 valence electrons. The average Bonchev–Trinajstić information content (AvgIpc) is 3.48. The lowest BCUT2D eigenvalue weighted by Gasteiger charge is -2.31. The number of nitrogen functional groups attached to an aromatic ring is 1. The van der Waals surface area contributed by atoms with Crippen molar-refractivity contribution in [2.75, 3.05) is 5.73 Å². The van der Waals surface area contributed by atoms with Gasteiger partial charge in [-0.1, -0.05) is 59.6 Å². The molecule has 1 unspecified atom stereocenters. The monoisotopic (exact) mass is 493 g/mol. The molecule has 0 radical (unpaired) electrons. The maximum Gasteiger partial charge on any atom is 0.226 e. The number of aryl methyl sites for hydroxylation is 2. The Morgan fingerprint density at radius 3 is 2.42 bits per heavy atom. The predicted octanol–water partition coefficient (Wildman–Crippen LogP) is 5.08. The van der Waals surface area contributed by atoms with E-state index in [0.717, 1.165) is 38.9 Å². The Hall–Kier alpha value is -4.20. The minimum Gasteiger partial charge on any atom is -0.368 e. The minimum atomic E-state index is -0.952. The fraction of sp³-hybridized carbons (Fsp3) is 0.107. The average molecular weight is 494 g/mol. The number of anilines is 1. The molecule has 0 saturated heterocycles. The van der Waals surface area contributed by atoms with Gasteiger partial charge in [0.2, 0.25) is 5.95 Å². The lowest BCUT2D eigenvalue weighted by atomic mass is 9.80. The zero-order valence-electron chi connectivity index (χ0n) is 19.9. The standard InChI is InChI=1S/C28H24ClN7/c1-17-6-8-19(9-7-17)28(31,25-15-32-16-35(25)2)20-10-11-24-23(13-20)22(18-4-3-5-21(29)12-18)14-26-33-34-27(30)36(24)26/h3-16H,31H2,1-2H3,(H2,30,34). The van der Waals surface area contributed by atoms with Gasteiger partial charge in [-0.25, -0.2) is 4.98 Å². The summed E-state index contributed by atoms with van der Waals surface area (Å²) in [5.41, 5.74) is 20.0. The van der Waals surface area contributed by atoms with Gasteiger partial charge in [0.1, 0.15) is 5.54 Å². The number of pyridine rings is 1. The quantitative estimate of drug-likeness (QED) is 0.357. The minimum absolute atomic E-state index is 0.324. The predicted molar refractivity (Wildman–Crippen MR) is 144 cm³/mol. The SMILES string of the molecule is Cc1ccc(C(N)(c2ccc3c(c2)c(-c2cccc(Cl)c2)cc2nnc(N)n23)c2cncn2C)cc1. The first-order valence-electron chi connectivity index (χ1n) is 11.5. The van der Waals surface area contributed by atoms with E-state index in [-0.39, 0.29) is 0 Å². The van der Waals surface area contributed by atoms with E-state index in [0.29, 0.717) is 16.6 Å². The molecule has 0 amide bonds. The second-order valence-corrected chi connectivity index (χ2v) is 9.55. The van der Waals surface area contributed by atoms with Gasteiger partial charge in [-0.3, -0.25) is 4.40 Å². The number of fused-ring (bicyclic) bond motifs is 3. The van der Waals surface area contributed by atoms with Crippen LogP contribution < -0.4 is 11.5 Å². The van der Waals surface area contributed by atoms with Crippen molar-refractivity contribution in [1.29, 1.82) is 0 Å². The zero-order valence-corrected chi connectivity index (χ0v) is 20.6. The summed E-state index contributed by atoms with van der Waals surface area (Å²) < 4.78 is 3.81. The van der Waals surface area contributed by atoms with Crippen molar-refractivity contribution in [2.24, 2.45) is 12.8 Å². The number of benzene rings is 3. The Kier molecular flexibility index (Phi) is 5.07. The van der Waals surface area contributed by atoms with Crippen LogP contribution in [0.5, 0.6) is 0 Å². The first kappa shape index (κ1) is 22.3. The molecular formula is C28H24ClN7. The Morgan fingerprint density at radius 2 is 1.69 bits per heavy atom. The van der Waals surface area contributed by atoms with E-state index in [9.17, 15) is 0 Å². The summed E-state index contributed by atoms with van der Waals surface area (Å²) in [6.45, 7) is 2.06. The van der Waals surface area contributed by atoms with E-state index in [1.165, 1.54) is 5.56 Å². The lowest BCUT2D eigenvalue weighted by Crippen LogP contribution is -2.41. The number of hydrogen-bond donors (Lipinski definition) is 2. The van der Waals surface area contributed by atoms with Gasteiger partial charge in [-0.15, -0.1) is 10.2 Å². The van der Waals surface area contributed by atoms with E-state index in [4.69, 9.17) is 23.1 Å². The van der Waals surface area contributed by atoms with E-state index in [2.05, 4.69) is 52.4 Å². The summed E-state index contributed by atoms with van der Waals surface area (Å²) in [4.78, 5) is 4.37. The van der Waals surface area contributed by atoms with Gasteiger partial charge in [0.25, 0.3) is 0 Å². The van der Waals surface area contributed by atoms with Crippen LogP contribution in [0.15, 0.2) is 85.3 Å². The number of hydrogen-bond acceptors (Lipinski definition) is 5. The van der Waals surface area contributed by atoms with Crippen molar-refractivity contribution in [1.82, 2.24) is 24.1 Å². The topological polar surface area (TPSA) is 100 Å². The fourth-order valence-electron chi connectivity index (χ4n) is 4.96. The summed E-state index contributed by atoms with van der Waals surface area (Å²) in [7, 11) is 1.96. The van der Waals surface area contributed by atoms with Gasteiger partial charge in [0, 0.05) is 17.5 Å². The van der Waals surface area contributed by atoms with E-state index in [1.807, 2.05) is 64.7 Å². The van der Waals surface area contributed by atoms with Crippen LogP contribution in [0.4, 0.5) is 5.95 Å². The molecule has 3 aromatic carbocycles. The summed E-state index contributed by atoms with van der Waals surface area (Å²) in [6, 6.07) is 24.2. The van der Waals surface area contributed by atoms with Crippen LogP contribution in [0.25, 0.3) is 27.7 Å². The van der Waals surface area contributed by atoms with Crippen molar-refractivity contribution in [3.8, 4) is 11.1 Å². The van der Waals surface area contributed by atoms with Gasteiger partial charge in [0.15, 0.2) is 5.65 Å². The van der Waals surface area contributed by atoms with Crippen LogP contribution >= 0.6 is 11.6 Å². The Balaban J connectivity index is 1.70. The molecule has 6 rings (SSSR count). The summed E-state index contributed by atoms with van der Waals surface area (Å²) in [5.74, 6) is 0.324. The second kappa shape index (κ2) is 8.19. The molecule has 6 aromatic rings. The van der Waals surface area contributed by atoms with Gasteiger partial charge >= 0.3 is 0 Å². The molecule has 4 N–H and O–H groups in total. The number of aromatic nitrogens is 5. The first-order valence-corrected chi connectivity index (χ1v) is 11.9. The molecule has 0 bridgehead atoms. The third kappa shape index (κ3) is 3.36. The molecule has 36 heavy (non-hydrogen) atoms. The van der Waals surface area contributed by atoms with E-state index < -0.39 is 5.54 Å². The summed E-state index contributed by atoms with van der Waals surface area (Å²) in [5, 5.41) is 9.99. The van der Waals surface area contributed by atoms with Crippen LogP contribution in [0.2, 0.25) is 5.02 Å². The third-order valence-electron chi connectivity index (χ3n) is 6.83. The number of nitrogens with zero attached hydrogens (tertiary/aromatic N) is 5. The number of rotatable bonds is 4. The molecule has 8 heteroatoms. The van der Waals surface area contributed by atoms with Crippen molar-refractivity contribution in [3.63, 3.8) is 0 Å². The molecule has 0 aliphatic carbocycles. The van der Waals surface area contributed by atoms with E-state index in [1.54, 1.807) is 6.33 Å². The highest BCUT2D eigenvalue weighted by Gasteiger charge is 2.35. The molecule has 0 aliphatic rings. The van der Waals surface area contributed by atoms with Gasteiger partial charge in [-0.05, 0) is 59.5 Å². The highest BCUT2D eigenvalue weighted by Crippen LogP contribution is 2.39. The highest BCUT2D eigenvalue weighted by atomic mass is 35.5. The second-order valence-electron chi connectivity index (χ2n) is 9.12. The number of imidazole rings is 1. The first-order chi connectivity index (χ1) is 17.4. The molecule has 0 saturated carbocycles. The normalized spacial score (nSPS) is 13.3. The Morgan fingerprint density at radius 1 is 0.917 bits per heavy atom. The maximum atomic E-state index is 7.35. The maximum absolute atomic E-state index is 7.35. The lowest BCUT2D eigenvalue weighted by molar-refractivity contribution is 0.596. The number of halogens is 1. The molecule has 3 aromatic heterocycles. The van der Waals surface area contributed by atoms with Crippen LogP contribution in [0, 0.1) is 6.92 Å². The largest absolute Gasteiger partial charge is 0.368 e. The van der Waals surface area contributed by atoms with Crippen LogP contribution in [-0.4, -0.2) is 24.1 Å². The van der Waals surface area contributed by atoms with Crippen molar-refractivity contribution in [2.45, 2.75) is 12.5 Å². The molecule has 0 aliphatic heterocycles. The van der Waals surface area contributed by atoms with Crippen molar-refractivity contribution in [3.05, 3.63) is 113 Å². The van der Waals surface area contributed by atoms with Gasteiger partial charge in [-0.2, -0.15) is 0 Å². The molecule has 0 spiro atoms. The van der Waals surface area contributed by atoms with Crippen LogP contribution in [0.3, 0.4) is 0 Å². The van der Waals surface area contributed by atoms with Crippen LogP contribution in [0.1, 0.15) is 22.4 Å². The molecule has 0 fully saturated rings.